The number of hydrogen-bond donors (Lipinski definition) is 0. The summed E-state index contributed by atoms with van der Waals surface area (Å²) in [5, 5.41) is 0. The minimum Gasteiger partial charge on any atom is -0.503 e. The molecule has 0 aliphatic heterocycles. The van der Waals surface area contributed by atoms with Crippen LogP contribution in [0, 0.1) is 11.8 Å². The van der Waals surface area contributed by atoms with Crippen LogP contribution in [0.3, 0.4) is 0 Å². The summed E-state index contributed by atoms with van der Waals surface area (Å²) in [6, 6.07) is 9.37. The molecule has 3 heteroatoms. The first-order chi connectivity index (χ1) is 7.77. The molecular formula is C13H12O3. The number of esters is 1. The van der Waals surface area contributed by atoms with Crippen molar-refractivity contribution in [1.82, 2.24) is 0 Å². The molecule has 0 amide bonds. The zero-order valence-corrected chi connectivity index (χ0v) is 9.19. The van der Waals surface area contributed by atoms with E-state index in [0.717, 1.165) is 5.56 Å². The minimum absolute atomic E-state index is 0.189. The predicted octanol–water partition coefficient (Wildman–Crippen LogP) is 1.74. The van der Waals surface area contributed by atoms with Crippen molar-refractivity contribution in [3.8, 4) is 11.8 Å². The van der Waals surface area contributed by atoms with E-state index in [4.69, 9.17) is 4.74 Å². The average molecular weight is 216 g/mol. The fourth-order valence-electron chi connectivity index (χ4n) is 1.02. The van der Waals surface area contributed by atoms with Gasteiger partial charge in [-0.1, -0.05) is 30.0 Å². The van der Waals surface area contributed by atoms with Gasteiger partial charge >= 0.3 is 5.97 Å². The second kappa shape index (κ2) is 6.31. The normalized spacial score (nSPS) is 10.0. The third-order valence-corrected chi connectivity index (χ3v) is 1.76. The van der Waals surface area contributed by atoms with Gasteiger partial charge in [0.2, 0.25) is 0 Å². The predicted molar refractivity (Wildman–Crippen MR) is 60.4 cm³/mol. The second-order valence-electron chi connectivity index (χ2n) is 2.87. The van der Waals surface area contributed by atoms with E-state index >= 15 is 0 Å². The van der Waals surface area contributed by atoms with E-state index in [1.165, 1.54) is 20.5 Å². The van der Waals surface area contributed by atoms with Crippen molar-refractivity contribution in [3.05, 3.63) is 47.7 Å². The molecule has 16 heavy (non-hydrogen) atoms. The summed E-state index contributed by atoms with van der Waals surface area (Å²) in [5.74, 6) is 5.04. The summed E-state index contributed by atoms with van der Waals surface area (Å²) in [4.78, 5) is 11.3. The Bertz CT molecular complexity index is 435. The van der Waals surface area contributed by atoms with Gasteiger partial charge in [0.25, 0.3) is 0 Å². The monoisotopic (exact) mass is 216 g/mol. The maximum atomic E-state index is 11.3. The van der Waals surface area contributed by atoms with Crippen LogP contribution in [0.1, 0.15) is 5.56 Å². The molecule has 0 aliphatic carbocycles. The first kappa shape index (κ1) is 11.9. The Hall–Kier alpha value is -2.21. The van der Waals surface area contributed by atoms with Gasteiger partial charge in [0.1, 0.15) is 11.8 Å². The van der Waals surface area contributed by atoms with Gasteiger partial charge in [-0.25, -0.2) is 4.79 Å². The maximum Gasteiger partial charge on any atom is 0.349 e. The minimum atomic E-state index is -0.509. The summed E-state index contributed by atoms with van der Waals surface area (Å²) in [6.07, 6.45) is 1.27. The molecule has 3 nitrogen and oxygen atoms in total. The Morgan fingerprint density at radius 3 is 2.50 bits per heavy atom. The Kier molecular flexibility index (Phi) is 4.68. The first-order valence-electron chi connectivity index (χ1n) is 4.66. The zero-order valence-electron chi connectivity index (χ0n) is 9.19. The molecule has 0 saturated heterocycles. The highest BCUT2D eigenvalue weighted by Crippen LogP contribution is 1.99. The average Bonchev–Trinajstić information content (AvgIpc) is 2.34. The lowest BCUT2D eigenvalue weighted by Crippen LogP contribution is -2.03. The van der Waals surface area contributed by atoms with Crippen LogP contribution in [0.5, 0.6) is 0 Å². The number of ether oxygens (including phenoxy) is 2. The zero-order chi connectivity index (χ0) is 11.8. The van der Waals surface area contributed by atoms with Gasteiger partial charge in [-0.15, -0.1) is 0 Å². The van der Waals surface area contributed by atoms with E-state index in [9.17, 15) is 4.79 Å². The van der Waals surface area contributed by atoms with Crippen LogP contribution in [-0.2, 0) is 14.3 Å². The van der Waals surface area contributed by atoms with Crippen LogP contribution in [0.15, 0.2) is 42.2 Å². The van der Waals surface area contributed by atoms with Crippen LogP contribution in [-0.4, -0.2) is 20.2 Å². The fourth-order valence-corrected chi connectivity index (χ4v) is 1.02. The van der Waals surface area contributed by atoms with Crippen molar-refractivity contribution in [2.45, 2.75) is 0 Å². The smallest absolute Gasteiger partial charge is 0.349 e. The molecule has 0 spiro atoms. The molecule has 0 bridgehead atoms. The number of benzene rings is 1. The van der Waals surface area contributed by atoms with Gasteiger partial charge in [-0.2, -0.15) is 0 Å². The summed E-state index contributed by atoms with van der Waals surface area (Å²) in [6.45, 7) is 0. The molecule has 0 aliphatic rings. The first-order valence-corrected chi connectivity index (χ1v) is 4.66. The summed E-state index contributed by atoms with van der Waals surface area (Å²) in [5.41, 5.74) is 1.02. The van der Waals surface area contributed by atoms with E-state index in [1.807, 2.05) is 30.3 Å². The third-order valence-electron chi connectivity index (χ3n) is 1.76. The van der Waals surface area contributed by atoms with Crippen molar-refractivity contribution < 1.29 is 14.3 Å². The van der Waals surface area contributed by atoms with E-state index < -0.39 is 5.97 Å². The van der Waals surface area contributed by atoms with Gasteiger partial charge in [-0.05, 0) is 12.1 Å². The van der Waals surface area contributed by atoms with Crippen molar-refractivity contribution in [2.75, 3.05) is 14.2 Å². The Morgan fingerprint density at radius 1 is 1.25 bits per heavy atom. The molecule has 0 unspecified atom stereocenters. The molecule has 0 saturated carbocycles. The second-order valence-corrected chi connectivity index (χ2v) is 2.87. The summed E-state index contributed by atoms with van der Waals surface area (Å²) in [7, 11) is 2.75. The number of methoxy groups -OCH3 is 2. The van der Waals surface area contributed by atoms with Crippen LogP contribution in [0.25, 0.3) is 0 Å². The Labute approximate surface area is 94.7 Å². The molecule has 82 valence electrons. The van der Waals surface area contributed by atoms with E-state index in [2.05, 4.69) is 16.6 Å². The van der Waals surface area contributed by atoms with Crippen molar-refractivity contribution in [3.63, 3.8) is 0 Å². The molecule has 0 N–H and O–H groups in total. The molecule has 0 aromatic heterocycles. The van der Waals surface area contributed by atoms with Gasteiger partial charge in [0, 0.05) is 5.56 Å². The number of rotatable bonds is 2. The van der Waals surface area contributed by atoms with E-state index in [1.54, 1.807) is 0 Å². The molecule has 1 aromatic carbocycles. The maximum absolute atomic E-state index is 11.3. The summed E-state index contributed by atoms with van der Waals surface area (Å²) >= 11 is 0. The van der Waals surface area contributed by atoms with Gasteiger partial charge in [-0.3, -0.25) is 0 Å². The van der Waals surface area contributed by atoms with Gasteiger partial charge in [0.15, 0.2) is 0 Å². The van der Waals surface area contributed by atoms with Crippen molar-refractivity contribution in [2.24, 2.45) is 0 Å². The SMILES string of the molecule is CO/C=C(/C#Cc1ccccc1)C(=O)OC. The van der Waals surface area contributed by atoms with Crippen LogP contribution in [0.2, 0.25) is 0 Å². The van der Waals surface area contributed by atoms with Gasteiger partial charge in [0.05, 0.1) is 14.2 Å². The largest absolute Gasteiger partial charge is 0.503 e. The number of carbonyl (C=O) groups excluding carboxylic acids is 1. The fraction of sp³-hybridized carbons (Fsp3) is 0.154. The highest BCUT2D eigenvalue weighted by Gasteiger charge is 2.05. The summed E-state index contributed by atoms with van der Waals surface area (Å²) < 4.78 is 9.31. The van der Waals surface area contributed by atoms with Crippen LogP contribution >= 0.6 is 0 Å². The number of hydrogen-bond acceptors (Lipinski definition) is 3. The molecule has 1 aromatic rings. The van der Waals surface area contributed by atoms with Crippen molar-refractivity contribution >= 4 is 5.97 Å². The van der Waals surface area contributed by atoms with Crippen molar-refractivity contribution in [1.29, 1.82) is 0 Å². The van der Waals surface area contributed by atoms with Crippen LogP contribution in [0.4, 0.5) is 0 Å². The Balaban J connectivity index is 2.89. The lowest BCUT2D eigenvalue weighted by atomic mass is 10.2. The lowest BCUT2D eigenvalue weighted by Gasteiger charge is -1.96. The standard InChI is InChI=1S/C13H12O3/c1-15-10-12(13(14)16-2)9-8-11-6-4-3-5-7-11/h3-7,10H,1-2H3/b12-10-. The third kappa shape index (κ3) is 3.50. The lowest BCUT2D eigenvalue weighted by molar-refractivity contribution is -0.135. The molecule has 0 fully saturated rings. The quantitative estimate of drug-likeness (QED) is 0.327. The molecule has 1 rings (SSSR count). The van der Waals surface area contributed by atoms with Gasteiger partial charge < -0.3 is 9.47 Å². The molecule has 0 radical (unpaired) electrons. The van der Waals surface area contributed by atoms with Crippen LogP contribution < -0.4 is 0 Å². The molecule has 0 heterocycles. The Morgan fingerprint density at radius 2 is 1.94 bits per heavy atom. The van der Waals surface area contributed by atoms with E-state index in [-0.39, 0.29) is 5.57 Å². The highest BCUT2D eigenvalue weighted by atomic mass is 16.5. The van der Waals surface area contributed by atoms with E-state index in [0.29, 0.717) is 0 Å². The topological polar surface area (TPSA) is 35.5 Å². The molecular weight excluding hydrogens is 204 g/mol. The highest BCUT2D eigenvalue weighted by molar-refractivity contribution is 5.93. The molecule has 0 atom stereocenters. The number of carbonyl (C=O) groups is 1.